The Bertz CT molecular complexity index is 598. The van der Waals surface area contributed by atoms with Gasteiger partial charge in [-0.1, -0.05) is 0 Å². The first kappa shape index (κ1) is 14.1. The first-order chi connectivity index (χ1) is 9.13. The number of thioether (sulfide) groups is 1. The van der Waals surface area contributed by atoms with Crippen LogP contribution in [0.15, 0.2) is 11.1 Å². The summed E-state index contributed by atoms with van der Waals surface area (Å²) in [6.07, 6.45) is 0.380. The molecule has 0 atom stereocenters. The minimum Gasteiger partial charge on any atom is -0.469 e. The Morgan fingerprint density at radius 1 is 1.53 bits per heavy atom. The molecule has 0 aliphatic carbocycles. The molecular formula is C12H15N3O2S2. The van der Waals surface area contributed by atoms with Crippen molar-refractivity contribution < 1.29 is 9.53 Å². The summed E-state index contributed by atoms with van der Waals surface area (Å²) in [7, 11) is 3.20. The standard InChI is InChI=1S/C12H15N3O2S2/c1-7-6-8-10(18-5-4-9(16)17-3)14-12(13-2)15-11(8)19-7/h6H,4-5H2,1-3H3,(H,13,14,15). The summed E-state index contributed by atoms with van der Waals surface area (Å²) < 4.78 is 4.63. The zero-order chi connectivity index (χ0) is 13.8. The molecule has 1 N–H and O–H groups in total. The van der Waals surface area contributed by atoms with Crippen molar-refractivity contribution in [2.45, 2.75) is 18.4 Å². The largest absolute Gasteiger partial charge is 0.469 e. The van der Waals surface area contributed by atoms with E-state index >= 15 is 0 Å². The summed E-state index contributed by atoms with van der Waals surface area (Å²) in [6, 6.07) is 2.08. The van der Waals surface area contributed by atoms with E-state index in [1.54, 1.807) is 30.1 Å². The predicted octanol–water partition coefficient (Wildman–Crippen LogP) is 2.70. The Labute approximate surface area is 119 Å². The van der Waals surface area contributed by atoms with Crippen LogP contribution in [-0.2, 0) is 9.53 Å². The van der Waals surface area contributed by atoms with Crippen molar-refractivity contribution in [3.63, 3.8) is 0 Å². The molecule has 0 bridgehead atoms. The highest BCUT2D eigenvalue weighted by atomic mass is 32.2. The molecule has 0 saturated carbocycles. The fourth-order valence-electron chi connectivity index (χ4n) is 1.57. The van der Waals surface area contributed by atoms with E-state index in [9.17, 15) is 4.79 Å². The highest BCUT2D eigenvalue weighted by Gasteiger charge is 2.11. The van der Waals surface area contributed by atoms with Crippen LogP contribution < -0.4 is 5.32 Å². The van der Waals surface area contributed by atoms with E-state index in [1.165, 1.54) is 12.0 Å². The predicted molar refractivity (Wildman–Crippen MR) is 79.1 cm³/mol. The molecule has 2 aromatic rings. The average molecular weight is 297 g/mol. The van der Waals surface area contributed by atoms with Gasteiger partial charge in [-0.15, -0.1) is 23.1 Å². The molecule has 2 rings (SSSR count). The van der Waals surface area contributed by atoms with E-state index < -0.39 is 0 Å². The molecular weight excluding hydrogens is 282 g/mol. The number of carbonyl (C=O) groups excluding carboxylic acids is 1. The van der Waals surface area contributed by atoms with Crippen LogP contribution in [0.5, 0.6) is 0 Å². The number of thiophene rings is 1. The van der Waals surface area contributed by atoms with Crippen LogP contribution in [0, 0.1) is 6.92 Å². The molecule has 0 spiro atoms. The van der Waals surface area contributed by atoms with Gasteiger partial charge in [0.15, 0.2) is 0 Å². The van der Waals surface area contributed by atoms with Crippen LogP contribution in [0.2, 0.25) is 0 Å². The van der Waals surface area contributed by atoms with Crippen molar-refractivity contribution in [1.82, 2.24) is 9.97 Å². The first-order valence-corrected chi connectivity index (χ1v) is 7.59. The third-order valence-corrected chi connectivity index (χ3v) is 4.41. The fourth-order valence-corrected chi connectivity index (χ4v) is 3.44. The fraction of sp³-hybridized carbons (Fsp3) is 0.417. The number of carbonyl (C=O) groups is 1. The molecule has 2 aromatic heterocycles. The molecule has 5 nitrogen and oxygen atoms in total. The minimum atomic E-state index is -0.201. The zero-order valence-electron chi connectivity index (χ0n) is 11.0. The van der Waals surface area contributed by atoms with E-state index in [-0.39, 0.29) is 5.97 Å². The highest BCUT2D eigenvalue weighted by molar-refractivity contribution is 7.99. The van der Waals surface area contributed by atoms with Crippen molar-refractivity contribution in [2.75, 3.05) is 25.2 Å². The lowest BCUT2D eigenvalue weighted by atomic mass is 10.4. The van der Waals surface area contributed by atoms with E-state index in [4.69, 9.17) is 0 Å². The van der Waals surface area contributed by atoms with Gasteiger partial charge in [0.05, 0.1) is 13.5 Å². The number of hydrogen-bond acceptors (Lipinski definition) is 7. The second-order valence-corrected chi connectivity index (χ2v) is 6.17. The van der Waals surface area contributed by atoms with E-state index in [0.29, 0.717) is 18.1 Å². The summed E-state index contributed by atoms with van der Waals surface area (Å²) in [4.78, 5) is 22.2. The molecule has 0 saturated heterocycles. The minimum absolute atomic E-state index is 0.201. The molecule has 102 valence electrons. The summed E-state index contributed by atoms with van der Waals surface area (Å²) in [6.45, 7) is 2.05. The topological polar surface area (TPSA) is 64.1 Å². The van der Waals surface area contributed by atoms with E-state index in [2.05, 4.69) is 26.1 Å². The van der Waals surface area contributed by atoms with Crippen molar-refractivity contribution in [3.05, 3.63) is 10.9 Å². The van der Waals surface area contributed by atoms with Crippen molar-refractivity contribution in [3.8, 4) is 0 Å². The number of ether oxygens (including phenoxy) is 1. The number of fused-ring (bicyclic) bond motifs is 1. The van der Waals surface area contributed by atoms with E-state index in [0.717, 1.165) is 15.2 Å². The Balaban J connectivity index is 2.22. The Morgan fingerprint density at radius 3 is 3.00 bits per heavy atom. The number of aromatic nitrogens is 2. The van der Waals surface area contributed by atoms with Crippen molar-refractivity contribution >= 4 is 45.2 Å². The molecule has 2 heterocycles. The van der Waals surface area contributed by atoms with Gasteiger partial charge >= 0.3 is 5.97 Å². The summed E-state index contributed by atoms with van der Waals surface area (Å²) in [5.41, 5.74) is 0. The Hall–Kier alpha value is -1.34. The van der Waals surface area contributed by atoms with Gasteiger partial charge in [-0.2, -0.15) is 0 Å². The average Bonchev–Trinajstić information content (AvgIpc) is 2.78. The van der Waals surface area contributed by atoms with Crippen LogP contribution >= 0.6 is 23.1 Å². The van der Waals surface area contributed by atoms with E-state index in [1.807, 2.05) is 6.92 Å². The number of methoxy groups -OCH3 is 1. The smallest absolute Gasteiger partial charge is 0.306 e. The number of hydrogen-bond donors (Lipinski definition) is 1. The van der Waals surface area contributed by atoms with Gasteiger partial charge in [0.25, 0.3) is 0 Å². The molecule has 0 unspecified atom stereocenters. The van der Waals surface area contributed by atoms with Crippen LogP contribution in [0.4, 0.5) is 5.95 Å². The summed E-state index contributed by atoms with van der Waals surface area (Å²) in [5, 5.41) is 4.92. The van der Waals surface area contributed by atoms with Gasteiger partial charge in [-0.3, -0.25) is 4.79 Å². The number of aryl methyl sites for hydroxylation is 1. The van der Waals surface area contributed by atoms with Gasteiger partial charge < -0.3 is 10.1 Å². The maximum Gasteiger partial charge on any atom is 0.306 e. The van der Waals surface area contributed by atoms with Crippen LogP contribution in [0.1, 0.15) is 11.3 Å². The number of anilines is 1. The van der Waals surface area contributed by atoms with Gasteiger partial charge in [0.2, 0.25) is 5.95 Å². The van der Waals surface area contributed by atoms with Gasteiger partial charge in [-0.25, -0.2) is 9.97 Å². The maximum absolute atomic E-state index is 11.1. The third-order valence-electron chi connectivity index (χ3n) is 2.48. The Morgan fingerprint density at radius 2 is 2.32 bits per heavy atom. The lowest BCUT2D eigenvalue weighted by Crippen LogP contribution is -2.02. The number of esters is 1. The monoisotopic (exact) mass is 297 g/mol. The normalized spacial score (nSPS) is 10.7. The number of rotatable bonds is 5. The summed E-state index contributed by atoms with van der Waals surface area (Å²) >= 11 is 3.20. The van der Waals surface area contributed by atoms with Gasteiger partial charge in [0, 0.05) is 23.1 Å². The van der Waals surface area contributed by atoms with Crippen molar-refractivity contribution in [1.29, 1.82) is 0 Å². The van der Waals surface area contributed by atoms with Crippen LogP contribution in [0.3, 0.4) is 0 Å². The lowest BCUT2D eigenvalue weighted by molar-refractivity contribution is -0.140. The van der Waals surface area contributed by atoms with Gasteiger partial charge in [-0.05, 0) is 13.0 Å². The zero-order valence-corrected chi connectivity index (χ0v) is 12.7. The molecule has 7 heteroatoms. The second kappa shape index (κ2) is 6.21. The highest BCUT2D eigenvalue weighted by Crippen LogP contribution is 2.32. The number of nitrogens with zero attached hydrogens (tertiary/aromatic N) is 2. The number of nitrogens with one attached hydrogen (secondary N) is 1. The molecule has 0 amide bonds. The maximum atomic E-state index is 11.1. The quantitative estimate of drug-likeness (QED) is 0.520. The van der Waals surface area contributed by atoms with Crippen molar-refractivity contribution in [2.24, 2.45) is 0 Å². The molecule has 0 radical (unpaired) electrons. The molecule has 0 aromatic carbocycles. The first-order valence-electron chi connectivity index (χ1n) is 5.79. The molecule has 0 aliphatic heterocycles. The second-order valence-electron chi connectivity index (χ2n) is 3.85. The summed E-state index contributed by atoms with van der Waals surface area (Å²) in [5.74, 6) is 1.06. The Kier molecular flexibility index (Phi) is 4.60. The van der Waals surface area contributed by atoms with Crippen LogP contribution in [-0.4, -0.2) is 35.8 Å². The lowest BCUT2D eigenvalue weighted by Gasteiger charge is -2.04. The third kappa shape index (κ3) is 3.36. The molecule has 0 aliphatic rings. The van der Waals surface area contributed by atoms with Gasteiger partial charge in [0.1, 0.15) is 9.86 Å². The van der Waals surface area contributed by atoms with Crippen LogP contribution in [0.25, 0.3) is 10.2 Å². The molecule has 0 fully saturated rings. The molecule has 19 heavy (non-hydrogen) atoms. The SMILES string of the molecule is CNc1nc(SCCC(=O)OC)c2cc(C)sc2n1.